The number of benzene rings is 4. The van der Waals surface area contributed by atoms with Gasteiger partial charge in [-0.1, -0.05) is 72.8 Å². The molecule has 2 aliphatic heterocycles. The van der Waals surface area contributed by atoms with Crippen LogP contribution in [-0.4, -0.2) is 35.0 Å². The molecule has 10 heteroatoms. The van der Waals surface area contributed by atoms with E-state index in [2.05, 4.69) is 0 Å². The summed E-state index contributed by atoms with van der Waals surface area (Å²) in [6, 6.07) is 28.6. The van der Waals surface area contributed by atoms with Crippen molar-refractivity contribution in [3.8, 4) is 51.3 Å². The Morgan fingerprint density at radius 3 is 1.19 bits per heavy atom. The van der Waals surface area contributed by atoms with Crippen LogP contribution in [0.25, 0.3) is 89.7 Å². The van der Waals surface area contributed by atoms with E-state index in [-0.39, 0.29) is 25.2 Å². The topological polar surface area (TPSA) is 126 Å². The molecule has 9 nitrogen and oxygen atoms in total. The van der Waals surface area contributed by atoms with Crippen LogP contribution in [0.2, 0.25) is 0 Å². The van der Waals surface area contributed by atoms with Gasteiger partial charge < -0.3 is 35.0 Å². The van der Waals surface area contributed by atoms with Crippen molar-refractivity contribution >= 4 is 44.1 Å². The van der Waals surface area contributed by atoms with Gasteiger partial charge in [-0.05, 0) is 39.7 Å². The fraction of sp³-hybridized carbons (Fsp3) is 0. The molecule has 8 bridgehead atoms. The SMILES string of the molecule is Oc1ccc2c(c1)-c1nc-2nc2[n-]c(nc3nc(nc4[n-]c(n1)c1ccccc41)-c1ccccc1-3)c1ccccc21.[Zn+2]. The Hall–Kier alpha value is -5.34. The number of phenolic OH excluding ortho intramolecular Hbond substituents is 1. The Kier molecular flexibility index (Phi) is 5.29. The van der Waals surface area contributed by atoms with Crippen LogP contribution in [0.15, 0.2) is 91.0 Å². The summed E-state index contributed by atoms with van der Waals surface area (Å²) in [4.78, 5) is 38.9. The summed E-state index contributed by atoms with van der Waals surface area (Å²) in [6.45, 7) is 0. The molecule has 0 unspecified atom stereocenters. The van der Waals surface area contributed by atoms with Gasteiger partial charge in [-0.25, -0.2) is 9.97 Å². The first-order chi connectivity index (χ1) is 20.2. The van der Waals surface area contributed by atoms with Crippen molar-refractivity contribution in [1.82, 2.24) is 39.9 Å². The van der Waals surface area contributed by atoms with Crippen LogP contribution in [0, 0.1) is 0 Å². The predicted molar refractivity (Wildman–Crippen MR) is 156 cm³/mol. The van der Waals surface area contributed by atoms with E-state index in [4.69, 9.17) is 39.9 Å². The van der Waals surface area contributed by atoms with Gasteiger partial charge in [0.15, 0.2) is 0 Å². The van der Waals surface area contributed by atoms with Crippen molar-refractivity contribution < 1.29 is 24.6 Å². The van der Waals surface area contributed by atoms with E-state index in [9.17, 15) is 5.11 Å². The summed E-state index contributed by atoms with van der Waals surface area (Å²) in [5.41, 5.74) is 5.12. The molecule has 0 amide bonds. The maximum absolute atomic E-state index is 10.3. The average Bonchev–Trinajstić information content (AvgIpc) is 3.72. The second-order valence-corrected chi connectivity index (χ2v) is 9.85. The molecule has 0 radical (unpaired) electrons. The second-order valence-electron chi connectivity index (χ2n) is 9.85. The molecule has 0 aliphatic carbocycles. The average molecular weight is 594 g/mol. The molecule has 0 saturated heterocycles. The molecular weight excluding hydrogens is 578 g/mol. The standard InChI is InChI=1S/C32H16N8O.Zn/c41-16-13-14-23-24(15-16)32-39-30-22-12-6-5-11-21(22)28(37-30)35-26-18-8-2-1-7-17(18)25(33-26)34-27-19-9-3-4-10-20(19)29(36-27)38-31(23)40-32;/h1-15H,(H-2,33,34,35,36,37,38,39,40,41);/q-2;+2. The van der Waals surface area contributed by atoms with E-state index in [1.165, 1.54) is 0 Å². The van der Waals surface area contributed by atoms with Gasteiger partial charge in [0.25, 0.3) is 0 Å². The molecule has 2 aliphatic rings. The van der Waals surface area contributed by atoms with E-state index >= 15 is 0 Å². The van der Waals surface area contributed by atoms with Gasteiger partial charge in [-0.3, -0.25) is 0 Å². The zero-order valence-electron chi connectivity index (χ0n) is 21.9. The number of rotatable bonds is 0. The fourth-order valence-corrected chi connectivity index (χ4v) is 5.50. The minimum absolute atomic E-state index is 0. The first-order valence-electron chi connectivity index (χ1n) is 13.0. The number of aromatic nitrogens is 8. The van der Waals surface area contributed by atoms with E-state index < -0.39 is 0 Å². The van der Waals surface area contributed by atoms with Crippen LogP contribution in [0.4, 0.5) is 0 Å². The van der Waals surface area contributed by atoms with Crippen molar-refractivity contribution in [3.05, 3.63) is 91.0 Å². The van der Waals surface area contributed by atoms with Crippen molar-refractivity contribution in [1.29, 1.82) is 0 Å². The van der Waals surface area contributed by atoms with E-state index in [1.807, 2.05) is 72.8 Å². The number of hydrogen-bond acceptors (Lipinski definition) is 7. The number of phenols is 1. The second kappa shape index (κ2) is 9.09. The number of nitrogens with zero attached hydrogens (tertiary/aromatic N) is 8. The summed E-state index contributed by atoms with van der Waals surface area (Å²) in [5, 5.41) is 13.7. The van der Waals surface area contributed by atoms with Gasteiger partial charge >= 0.3 is 19.5 Å². The third-order valence-corrected chi connectivity index (χ3v) is 7.41. The van der Waals surface area contributed by atoms with Crippen LogP contribution < -0.4 is 9.97 Å². The van der Waals surface area contributed by atoms with E-state index in [0.717, 1.165) is 38.2 Å². The van der Waals surface area contributed by atoms with Gasteiger partial charge in [0.2, 0.25) is 0 Å². The summed E-state index contributed by atoms with van der Waals surface area (Å²) in [7, 11) is 0. The Balaban J connectivity index is 0.00000267. The first-order valence-corrected chi connectivity index (χ1v) is 13.0. The van der Waals surface area contributed by atoms with Gasteiger partial charge in [0, 0.05) is 44.8 Å². The minimum Gasteiger partial charge on any atom is -0.508 e. The zero-order valence-corrected chi connectivity index (χ0v) is 24.9. The molecule has 3 aromatic heterocycles. The smallest absolute Gasteiger partial charge is 0.508 e. The maximum atomic E-state index is 10.3. The Morgan fingerprint density at radius 1 is 0.405 bits per heavy atom. The van der Waals surface area contributed by atoms with Crippen molar-refractivity contribution in [2.75, 3.05) is 0 Å². The van der Waals surface area contributed by atoms with Gasteiger partial charge in [-0.15, -0.1) is 0 Å². The van der Waals surface area contributed by atoms with Crippen molar-refractivity contribution in [2.24, 2.45) is 0 Å². The quantitative estimate of drug-likeness (QED) is 0.216. The maximum Gasteiger partial charge on any atom is 2.00 e. The van der Waals surface area contributed by atoms with Crippen LogP contribution in [-0.2, 0) is 19.5 Å². The molecule has 0 saturated carbocycles. The van der Waals surface area contributed by atoms with Crippen molar-refractivity contribution in [2.45, 2.75) is 0 Å². The van der Waals surface area contributed by atoms with Crippen LogP contribution in [0.5, 0.6) is 5.75 Å². The molecule has 5 heterocycles. The molecule has 192 valence electrons. The summed E-state index contributed by atoms with van der Waals surface area (Å²) >= 11 is 0. The van der Waals surface area contributed by atoms with Crippen LogP contribution >= 0.6 is 0 Å². The molecular formula is C32H16N8OZn. The molecule has 0 spiro atoms. The molecule has 1 N–H and O–H groups in total. The molecule has 0 atom stereocenters. The zero-order chi connectivity index (χ0) is 27.1. The predicted octanol–water partition coefficient (Wildman–Crippen LogP) is 5.83. The summed E-state index contributed by atoms with van der Waals surface area (Å²) in [5.74, 6) is 2.00. The third kappa shape index (κ3) is 3.59. The molecule has 0 fully saturated rings. The summed E-state index contributed by atoms with van der Waals surface area (Å²) in [6.07, 6.45) is 0. The van der Waals surface area contributed by atoms with Gasteiger partial charge in [0.1, 0.15) is 5.75 Å². The minimum atomic E-state index is 0. The van der Waals surface area contributed by atoms with Crippen molar-refractivity contribution in [3.63, 3.8) is 0 Å². The monoisotopic (exact) mass is 592 g/mol. The third-order valence-electron chi connectivity index (χ3n) is 7.41. The van der Waals surface area contributed by atoms with Crippen LogP contribution in [0.1, 0.15) is 0 Å². The van der Waals surface area contributed by atoms with E-state index in [1.54, 1.807) is 18.2 Å². The Morgan fingerprint density at radius 2 is 0.762 bits per heavy atom. The Bertz CT molecular complexity index is 2410. The molecule has 9 rings (SSSR count). The van der Waals surface area contributed by atoms with Crippen LogP contribution in [0.3, 0.4) is 0 Å². The molecule has 4 aromatic carbocycles. The molecule has 7 aromatic rings. The fourth-order valence-electron chi connectivity index (χ4n) is 5.50. The number of hydrogen-bond donors (Lipinski definition) is 1. The van der Waals surface area contributed by atoms with E-state index in [0.29, 0.717) is 51.4 Å². The number of fused-ring (bicyclic) bond motifs is 20. The normalized spacial score (nSPS) is 11.7. The first kappa shape index (κ1) is 24.5. The number of aromatic hydroxyl groups is 1. The summed E-state index contributed by atoms with van der Waals surface area (Å²) < 4.78 is 0. The Labute approximate surface area is 250 Å². The largest absolute Gasteiger partial charge is 2.00 e. The molecule has 42 heavy (non-hydrogen) atoms. The van der Waals surface area contributed by atoms with Gasteiger partial charge in [0.05, 0.1) is 23.3 Å². The van der Waals surface area contributed by atoms with Gasteiger partial charge in [-0.2, -0.15) is 0 Å².